The van der Waals surface area contributed by atoms with E-state index in [1.807, 2.05) is 60.7 Å². The van der Waals surface area contributed by atoms with Crippen molar-refractivity contribution in [3.05, 3.63) is 129 Å². The minimum Gasteiger partial charge on any atom is -0.508 e. The summed E-state index contributed by atoms with van der Waals surface area (Å²) in [6, 6.07) is 29.9. The van der Waals surface area contributed by atoms with Gasteiger partial charge in [0, 0.05) is 21.6 Å². The highest BCUT2D eigenvalue weighted by atomic mass is 16.3. The fourth-order valence-electron chi connectivity index (χ4n) is 3.62. The summed E-state index contributed by atoms with van der Waals surface area (Å²) in [7, 11) is 0. The highest BCUT2D eigenvalue weighted by Gasteiger charge is 2.10. The number of hydrogen-bond acceptors (Lipinski definition) is 4. The summed E-state index contributed by atoms with van der Waals surface area (Å²) in [6.07, 6.45) is 0. The topological polar surface area (TPSA) is 65.2 Å². The molecule has 0 aromatic heterocycles. The Morgan fingerprint density at radius 3 is 1.27 bits per heavy atom. The van der Waals surface area contributed by atoms with Gasteiger partial charge in [0.2, 0.25) is 0 Å². The molecule has 0 aliphatic carbocycles. The maximum absolute atomic E-state index is 10.2. The summed E-state index contributed by atoms with van der Waals surface area (Å²) in [5, 5.41) is 23.3. The molecule has 2 N–H and O–H groups in total. The molecule has 0 amide bonds. The quantitative estimate of drug-likeness (QED) is 0.552. The lowest BCUT2D eigenvalue weighted by atomic mass is 10.1. The summed E-state index contributed by atoms with van der Waals surface area (Å²) >= 11 is 0. The van der Waals surface area contributed by atoms with Crippen molar-refractivity contribution in [1.29, 1.82) is 0 Å². The van der Waals surface area contributed by atoms with Crippen LogP contribution in [0, 0.1) is 0 Å². The molecule has 4 aromatic carbocycles. The second-order valence-corrected chi connectivity index (χ2v) is 7.06. The first-order chi connectivity index (χ1) is 14.7. The Bertz CT molecular complexity index is 1380. The number of nitrogens with zero attached hydrogens (tertiary/aromatic N) is 2. The molecule has 1 aliphatic rings. The molecule has 0 saturated carbocycles. The standard InChI is InChI=1S/C26H18N2O2/c29-19-11-13-23-21(15-19)25(17-7-3-1-4-8-17)27-24-14-12-20(30)16-22(24)26(28-23)18-9-5-2-6-10-18/h1-16,29-30H/b25-21-,26-22-,27-24+,27-25?,28-23+,28-26?. The smallest absolute Gasteiger partial charge is 0.116 e. The highest BCUT2D eigenvalue weighted by Crippen LogP contribution is 2.16. The number of phenols is 2. The van der Waals surface area contributed by atoms with Crippen LogP contribution in [0.2, 0.25) is 0 Å². The zero-order valence-corrected chi connectivity index (χ0v) is 16.0. The predicted molar refractivity (Wildman–Crippen MR) is 116 cm³/mol. The fraction of sp³-hybridized carbons (Fsp3) is 0. The normalized spacial score (nSPS) is 18.5. The molecule has 4 heteroatoms. The lowest BCUT2D eigenvalue weighted by Gasteiger charge is -2.09. The Hall–Kier alpha value is -4.18. The molecule has 0 unspecified atom stereocenters. The predicted octanol–water partition coefficient (Wildman–Crippen LogP) is 2.36. The van der Waals surface area contributed by atoms with Gasteiger partial charge in [0.1, 0.15) is 11.5 Å². The Labute approximate surface area is 172 Å². The summed E-state index contributed by atoms with van der Waals surface area (Å²) in [5.41, 5.74) is 3.26. The average molecular weight is 390 g/mol. The van der Waals surface area contributed by atoms with E-state index < -0.39 is 0 Å². The molecule has 4 aromatic rings. The fourth-order valence-corrected chi connectivity index (χ4v) is 3.62. The van der Waals surface area contributed by atoms with Crippen molar-refractivity contribution in [2.24, 2.45) is 9.98 Å². The molecule has 4 nitrogen and oxygen atoms in total. The van der Waals surface area contributed by atoms with Crippen molar-refractivity contribution in [3.63, 3.8) is 0 Å². The largest absolute Gasteiger partial charge is 0.508 e. The molecule has 0 bridgehead atoms. The van der Waals surface area contributed by atoms with E-state index >= 15 is 0 Å². The van der Waals surface area contributed by atoms with Crippen LogP contribution in [0.1, 0.15) is 11.1 Å². The highest BCUT2D eigenvalue weighted by molar-refractivity contribution is 5.68. The molecule has 0 spiro atoms. The SMILES string of the molecule is Oc1ccc2/c(c1)=C(c1ccccc1)\N=c1/ccc(O)c/c1=C(c1ccccc1)/N=2. The van der Waals surface area contributed by atoms with E-state index in [1.165, 1.54) is 0 Å². The van der Waals surface area contributed by atoms with Crippen LogP contribution in [0.15, 0.2) is 107 Å². The summed E-state index contributed by atoms with van der Waals surface area (Å²) in [4.78, 5) is 9.96. The zero-order chi connectivity index (χ0) is 20.5. The number of phenolic OH excluding ortho intramolecular Hbond substituents is 2. The first-order valence-corrected chi connectivity index (χ1v) is 9.64. The molecular formula is C26H18N2O2. The van der Waals surface area contributed by atoms with Gasteiger partial charge < -0.3 is 10.2 Å². The van der Waals surface area contributed by atoms with Gasteiger partial charge in [0.25, 0.3) is 0 Å². The van der Waals surface area contributed by atoms with E-state index in [1.54, 1.807) is 36.4 Å². The monoisotopic (exact) mass is 390 g/mol. The van der Waals surface area contributed by atoms with E-state index in [9.17, 15) is 10.2 Å². The van der Waals surface area contributed by atoms with Gasteiger partial charge in [-0.15, -0.1) is 0 Å². The van der Waals surface area contributed by atoms with Crippen LogP contribution in [0.5, 0.6) is 11.5 Å². The molecule has 0 radical (unpaired) electrons. The van der Waals surface area contributed by atoms with Crippen molar-refractivity contribution in [2.45, 2.75) is 0 Å². The van der Waals surface area contributed by atoms with Crippen LogP contribution >= 0.6 is 0 Å². The Kier molecular flexibility index (Phi) is 4.37. The van der Waals surface area contributed by atoms with Gasteiger partial charge in [-0.3, -0.25) is 0 Å². The number of hydrogen-bond donors (Lipinski definition) is 2. The number of fused-ring (bicyclic) bond motifs is 2. The lowest BCUT2D eigenvalue weighted by molar-refractivity contribution is 0.474. The van der Waals surface area contributed by atoms with Crippen LogP contribution in [0.3, 0.4) is 0 Å². The Balaban J connectivity index is 2.01. The van der Waals surface area contributed by atoms with Gasteiger partial charge >= 0.3 is 0 Å². The Morgan fingerprint density at radius 1 is 0.467 bits per heavy atom. The number of aromatic hydroxyl groups is 2. The minimum absolute atomic E-state index is 0.153. The molecule has 1 aliphatic heterocycles. The number of rotatable bonds is 2. The lowest BCUT2D eigenvalue weighted by Crippen LogP contribution is -2.34. The zero-order valence-electron chi connectivity index (χ0n) is 16.0. The summed E-state index contributed by atoms with van der Waals surface area (Å²) < 4.78 is 0. The van der Waals surface area contributed by atoms with E-state index in [4.69, 9.17) is 9.98 Å². The minimum atomic E-state index is 0.153. The van der Waals surface area contributed by atoms with Crippen LogP contribution < -0.4 is 21.2 Å². The maximum Gasteiger partial charge on any atom is 0.116 e. The van der Waals surface area contributed by atoms with Crippen LogP contribution in [-0.2, 0) is 0 Å². The van der Waals surface area contributed by atoms with E-state index in [0.717, 1.165) is 21.6 Å². The summed E-state index contributed by atoms with van der Waals surface area (Å²) in [6.45, 7) is 0. The van der Waals surface area contributed by atoms with E-state index in [-0.39, 0.29) is 11.5 Å². The molecule has 5 rings (SSSR count). The number of benzene rings is 4. The molecule has 144 valence electrons. The van der Waals surface area contributed by atoms with Crippen molar-refractivity contribution in [1.82, 2.24) is 0 Å². The molecule has 0 atom stereocenters. The van der Waals surface area contributed by atoms with Gasteiger partial charge in [-0.25, -0.2) is 9.98 Å². The third-order valence-corrected chi connectivity index (χ3v) is 5.03. The third-order valence-electron chi connectivity index (χ3n) is 5.03. The van der Waals surface area contributed by atoms with E-state index in [0.29, 0.717) is 22.1 Å². The van der Waals surface area contributed by atoms with Crippen LogP contribution in [-0.4, -0.2) is 10.2 Å². The van der Waals surface area contributed by atoms with Crippen molar-refractivity contribution < 1.29 is 10.2 Å². The molecule has 30 heavy (non-hydrogen) atoms. The first kappa shape index (κ1) is 17.9. The van der Waals surface area contributed by atoms with Gasteiger partial charge in [-0.2, -0.15) is 0 Å². The van der Waals surface area contributed by atoms with E-state index in [2.05, 4.69) is 0 Å². The van der Waals surface area contributed by atoms with Gasteiger partial charge in [0.15, 0.2) is 0 Å². The molecule has 0 fully saturated rings. The molecular weight excluding hydrogens is 372 g/mol. The van der Waals surface area contributed by atoms with Crippen molar-refractivity contribution in [3.8, 4) is 11.5 Å². The van der Waals surface area contributed by atoms with Crippen molar-refractivity contribution in [2.75, 3.05) is 0 Å². The molecule has 0 saturated heterocycles. The first-order valence-electron chi connectivity index (χ1n) is 9.64. The average Bonchev–Trinajstić information content (AvgIpc) is 2.77. The van der Waals surface area contributed by atoms with Crippen LogP contribution in [0.25, 0.3) is 11.4 Å². The van der Waals surface area contributed by atoms with Gasteiger partial charge in [-0.05, 0) is 36.4 Å². The maximum atomic E-state index is 10.2. The second kappa shape index (κ2) is 7.33. The third kappa shape index (κ3) is 3.25. The van der Waals surface area contributed by atoms with Crippen molar-refractivity contribution >= 4 is 11.4 Å². The van der Waals surface area contributed by atoms with Gasteiger partial charge in [-0.1, -0.05) is 60.7 Å². The van der Waals surface area contributed by atoms with Gasteiger partial charge in [0.05, 0.1) is 22.1 Å². The molecule has 1 heterocycles. The Morgan fingerprint density at radius 2 is 0.867 bits per heavy atom. The second-order valence-electron chi connectivity index (χ2n) is 7.06. The summed E-state index contributed by atoms with van der Waals surface area (Å²) in [5.74, 6) is 0.306. The van der Waals surface area contributed by atoms with Crippen LogP contribution in [0.4, 0.5) is 0 Å².